The number of amides is 2. The lowest BCUT2D eigenvalue weighted by Gasteiger charge is -2.27. The number of nitrogens with zero attached hydrogens (tertiary/aromatic N) is 2. The lowest BCUT2D eigenvalue weighted by Crippen LogP contribution is -2.35. The van der Waals surface area contributed by atoms with Gasteiger partial charge in [-0.25, -0.2) is 4.79 Å². The zero-order valence-electron chi connectivity index (χ0n) is 13.8. The zero-order valence-corrected chi connectivity index (χ0v) is 14.6. The Morgan fingerprint density at radius 1 is 1.50 bits per heavy atom. The van der Waals surface area contributed by atoms with E-state index in [1.807, 2.05) is 25.2 Å². The summed E-state index contributed by atoms with van der Waals surface area (Å²) >= 11 is 6.16. The van der Waals surface area contributed by atoms with Crippen molar-refractivity contribution in [3.05, 3.63) is 40.5 Å². The first-order valence-electron chi connectivity index (χ1n) is 8.10. The molecule has 2 heterocycles. The number of anilines is 1. The standard InChI is InChI=1S/C17H21ClN4O2/c1-3-5-11-10-15(22(2)21-11)20-17(23)19-14-8-9-24-16-12(14)6-4-7-13(16)18/h4,6-7,10,14H,3,5,8-9H2,1-2H3,(H2,19,20,23). The SMILES string of the molecule is CCCc1cc(NC(=O)NC2CCOc3c(Cl)cccc32)n(C)n1. The van der Waals surface area contributed by atoms with Gasteiger partial charge < -0.3 is 10.1 Å². The van der Waals surface area contributed by atoms with Crippen LogP contribution in [0.5, 0.6) is 5.75 Å². The third-order valence-corrected chi connectivity index (χ3v) is 4.31. The molecule has 1 atom stereocenters. The van der Waals surface area contributed by atoms with Crippen LogP contribution in [0.25, 0.3) is 0 Å². The van der Waals surface area contributed by atoms with Gasteiger partial charge in [0.25, 0.3) is 0 Å². The van der Waals surface area contributed by atoms with Gasteiger partial charge in [0.05, 0.1) is 23.4 Å². The maximum atomic E-state index is 12.4. The summed E-state index contributed by atoms with van der Waals surface area (Å²) in [6.45, 7) is 2.62. The first kappa shape index (κ1) is 16.6. The summed E-state index contributed by atoms with van der Waals surface area (Å²) in [5, 5.41) is 10.8. The molecule has 0 saturated carbocycles. The number of aryl methyl sites for hydroxylation is 2. The average molecular weight is 349 g/mol. The van der Waals surface area contributed by atoms with E-state index in [1.54, 1.807) is 10.7 Å². The monoisotopic (exact) mass is 348 g/mol. The summed E-state index contributed by atoms with van der Waals surface area (Å²) in [4.78, 5) is 12.4. The van der Waals surface area contributed by atoms with Crippen LogP contribution in [0.2, 0.25) is 5.02 Å². The number of halogens is 1. The molecule has 1 aromatic heterocycles. The van der Waals surface area contributed by atoms with Crippen molar-refractivity contribution in [2.24, 2.45) is 7.05 Å². The van der Waals surface area contributed by atoms with Gasteiger partial charge in [0.15, 0.2) is 0 Å². The Kier molecular flexibility index (Phi) is 4.94. The molecule has 0 bridgehead atoms. The second-order valence-corrected chi connectivity index (χ2v) is 6.25. The maximum absolute atomic E-state index is 12.4. The number of carbonyl (C=O) groups is 1. The van der Waals surface area contributed by atoms with Gasteiger partial charge in [0, 0.05) is 25.1 Å². The number of benzene rings is 1. The largest absolute Gasteiger partial charge is 0.492 e. The summed E-state index contributed by atoms with van der Waals surface area (Å²) in [7, 11) is 1.82. The van der Waals surface area contributed by atoms with Gasteiger partial charge >= 0.3 is 6.03 Å². The summed E-state index contributed by atoms with van der Waals surface area (Å²) in [6, 6.07) is 7.08. The second kappa shape index (κ2) is 7.13. The van der Waals surface area contributed by atoms with Gasteiger partial charge in [-0.15, -0.1) is 0 Å². The number of ether oxygens (including phenoxy) is 1. The number of para-hydroxylation sites is 1. The highest BCUT2D eigenvalue weighted by molar-refractivity contribution is 6.32. The van der Waals surface area contributed by atoms with Gasteiger partial charge in [-0.05, 0) is 12.5 Å². The number of rotatable bonds is 4. The van der Waals surface area contributed by atoms with Crippen LogP contribution in [0, 0.1) is 0 Å². The first-order valence-corrected chi connectivity index (χ1v) is 8.48. The third-order valence-electron chi connectivity index (χ3n) is 4.01. The minimum Gasteiger partial charge on any atom is -0.492 e. The Morgan fingerprint density at radius 2 is 2.33 bits per heavy atom. The number of nitrogens with one attached hydrogen (secondary N) is 2. The molecule has 0 saturated heterocycles. The van der Waals surface area contributed by atoms with Crippen LogP contribution in [-0.4, -0.2) is 22.4 Å². The fourth-order valence-electron chi connectivity index (χ4n) is 2.87. The van der Waals surface area contributed by atoms with E-state index in [9.17, 15) is 4.79 Å². The van der Waals surface area contributed by atoms with E-state index in [4.69, 9.17) is 16.3 Å². The van der Waals surface area contributed by atoms with Crippen molar-refractivity contribution < 1.29 is 9.53 Å². The smallest absolute Gasteiger partial charge is 0.320 e. The van der Waals surface area contributed by atoms with Crippen molar-refractivity contribution in [3.8, 4) is 5.75 Å². The van der Waals surface area contributed by atoms with Crippen molar-refractivity contribution in [3.63, 3.8) is 0 Å². The van der Waals surface area contributed by atoms with Gasteiger partial charge in [-0.1, -0.05) is 37.1 Å². The molecule has 6 nitrogen and oxygen atoms in total. The highest BCUT2D eigenvalue weighted by Gasteiger charge is 2.25. The average Bonchev–Trinajstić information content (AvgIpc) is 2.88. The second-order valence-electron chi connectivity index (χ2n) is 5.84. The van der Waals surface area contributed by atoms with Crippen LogP contribution < -0.4 is 15.4 Å². The molecule has 2 amide bonds. The summed E-state index contributed by atoms with van der Waals surface area (Å²) in [5.41, 5.74) is 1.87. The van der Waals surface area contributed by atoms with Gasteiger partial charge in [-0.2, -0.15) is 5.10 Å². The van der Waals surface area contributed by atoms with Crippen molar-refractivity contribution in [2.45, 2.75) is 32.2 Å². The van der Waals surface area contributed by atoms with Crippen molar-refractivity contribution in [1.29, 1.82) is 0 Å². The predicted octanol–water partition coefficient (Wildman–Crippen LogP) is 3.67. The topological polar surface area (TPSA) is 68.2 Å². The minimum atomic E-state index is -0.265. The van der Waals surface area contributed by atoms with Crippen LogP contribution in [0.3, 0.4) is 0 Å². The molecular weight excluding hydrogens is 328 g/mol. The van der Waals surface area contributed by atoms with E-state index in [-0.39, 0.29) is 12.1 Å². The maximum Gasteiger partial charge on any atom is 0.320 e. The molecule has 0 aliphatic carbocycles. The molecule has 1 unspecified atom stereocenters. The molecule has 0 fully saturated rings. The number of hydrogen-bond donors (Lipinski definition) is 2. The Balaban J connectivity index is 1.69. The Bertz CT molecular complexity index is 744. The lowest BCUT2D eigenvalue weighted by atomic mass is 10.0. The third kappa shape index (κ3) is 3.48. The quantitative estimate of drug-likeness (QED) is 0.885. The van der Waals surface area contributed by atoms with E-state index >= 15 is 0 Å². The van der Waals surface area contributed by atoms with Crippen LogP contribution in [0.4, 0.5) is 10.6 Å². The fourth-order valence-corrected chi connectivity index (χ4v) is 3.11. The summed E-state index contributed by atoms with van der Waals surface area (Å²) in [5.74, 6) is 1.33. The summed E-state index contributed by atoms with van der Waals surface area (Å²) < 4.78 is 7.30. The molecule has 128 valence electrons. The van der Waals surface area contributed by atoms with Crippen molar-refractivity contribution >= 4 is 23.4 Å². The number of aromatic nitrogens is 2. The van der Waals surface area contributed by atoms with Crippen LogP contribution in [0.15, 0.2) is 24.3 Å². The normalized spacial score (nSPS) is 16.2. The molecule has 0 radical (unpaired) electrons. The molecule has 24 heavy (non-hydrogen) atoms. The Morgan fingerprint density at radius 3 is 3.12 bits per heavy atom. The van der Waals surface area contributed by atoms with E-state index in [1.165, 1.54) is 0 Å². The molecule has 0 spiro atoms. The minimum absolute atomic E-state index is 0.129. The summed E-state index contributed by atoms with van der Waals surface area (Å²) in [6.07, 6.45) is 2.61. The van der Waals surface area contributed by atoms with E-state index < -0.39 is 0 Å². The molecule has 1 aromatic carbocycles. The number of urea groups is 1. The zero-order chi connectivity index (χ0) is 17.1. The molecular formula is C17H21ClN4O2. The number of hydrogen-bond acceptors (Lipinski definition) is 3. The van der Waals surface area contributed by atoms with E-state index in [0.29, 0.717) is 29.6 Å². The highest BCUT2D eigenvalue weighted by Crippen LogP contribution is 2.37. The van der Waals surface area contributed by atoms with Gasteiger partial charge in [-0.3, -0.25) is 10.00 Å². The lowest BCUT2D eigenvalue weighted by molar-refractivity contribution is 0.232. The van der Waals surface area contributed by atoms with E-state index in [2.05, 4.69) is 22.7 Å². The van der Waals surface area contributed by atoms with Crippen LogP contribution in [-0.2, 0) is 13.5 Å². The fraction of sp³-hybridized carbons (Fsp3) is 0.412. The van der Waals surface area contributed by atoms with Crippen molar-refractivity contribution in [1.82, 2.24) is 15.1 Å². The van der Waals surface area contributed by atoms with E-state index in [0.717, 1.165) is 24.1 Å². The van der Waals surface area contributed by atoms with Gasteiger partial charge in [0.2, 0.25) is 0 Å². The Hall–Kier alpha value is -2.21. The first-order chi connectivity index (χ1) is 11.6. The van der Waals surface area contributed by atoms with Crippen LogP contribution in [0.1, 0.15) is 37.1 Å². The van der Waals surface area contributed by atoms with Crippen molar-refractivity contribution in [2.75, 3.05) is 11.9 Å². The molecule has 2 aromatic rings. The predicted molar refractivity (Wildman–Crippen MR) is 93.7 cm³/mol. The Labute approximate surface area is 146 Å². The molecule has 7 heteroatoms. The molecule has 1 aliphatic heterocycles. The highest BCUT2D eigenvalue weighted by atomic mass is 35.5. The van der Waals surface area contributed by atoms with Gasteiger partial charge in [0.1, 0.15) is 11.6 Å². The van der Waals surface area contributed by atoms with Crippen LogP contribution >= 0.6 is 11.6 Å². The number of fused-ring (bicyclic) bond motifs is 1. The molecule has 2 N–H and O–H groups in total. The number of carbonyl (C=O) groups excluding carboxylic acids is 1. The molecule has 3 rings (SSSR count). The molecule has 1 aliphatic rings.